The molecule has 21 heavy (non-hydrogen) atoms. The molecule has 1 fully saturated rings. The van der Waals surface area contributed by atoms with Gasteiger partial charge >= 0.3 is 0 Å². The lowest BCUT2D eigenvalue weighted by Crippen LogP contribution is -2.57. The molecule has 2 atom stereocenters. The summed E-state index contributed by atoms with van der Waals surface area (Å²) >= 11 is 0. The summed E-state index contributed by atoms with van der Waals surface area (Å²) in [7, 11) is 0. The zero-order valence-electron chi connectivity index (χ0n) is 11.6. The highest BCUT2D eigenvalue weighted by atomic mass is 19.1. The van der Waals surface area contributed by atoms with Crippen LogP contribution in [0.25, 0.3) is 0 Å². The molecule has 0 aromatic heterocycles. The molecule has 1 aromatic rings. The van der Waals surface area contributed by atoms with Gasteiger partial charge in [0.1, 0.15) is 6.04 Å². The molecule has 0 spiro atoms. The maximum Gasteiger partial charge on any atom is 0.262 e. The molecular weight excluding hydrogens is 273 g/mol. The summed E-state index contributed by atoms with van der Waals surface area (Å²) in [4.78, 5) is 25.5. The van der Waals surface area contributed by atoms with Crippen LogP contribution in [0.15, 0.2) is 24.3 Å². The number of carbonyl (C=O) groups is 2. The highest BCUT2D eigenvalue weighted by Crippen LogP contribution is 2.29. The molecule has 3 rings (SSSR count). The molecule has 2 amide bonds. The lowest BCUT2D eigenvalue weighted by Gasteiger charge is -2.37. The van der Waals surface area contributed by atoms with Gasteiger partial charge in [0.2, 0.25) is 11.6 Å². The molecule has 2 heterocycles. The quantitative estimate of drug-likeness (QED) is 0.813. The average Bonchev–Trinajstić information content (AvgIpc) is 2.93. The largest absolute Gasteiger partial charge is 0.368 e. The van der Waals surface area contributed by atoms with Crippen molar-refractivity contribution in [2.75, 3.05) is 13.1 Å². The van der Waals surface area contributed by atoms with Gasteiger partial charge in [0, 0.05) is 25.9 Å². The molecule has 2 aliphatic rings. The van der Waals surface area contributed by atoms with Crippen LogP contribution in [0.2, 0.25) is 0 Å². The van der Waals surface area contributed by atoms with Crippen LogP contribution in [0.3, 0.4) is 0 Å². The van der Waals surface area contributed by atoms with Gasteiger partial charge < -0.3 is 16.0 Å². The molecule has 0 saturated carbocycles. The van der Waals surface area contributed by atoms with Crippen LogP contribution in [-0.4, -0.2) is 41.5 Å². The summed E-state index contributed by atoms with van der Waals surface area (Å²) in [5.41, 5.74) is 5.42. The molecule has 0 unspecified atom stereocenters. The van der Waals surface area contributed by atoms with E-state index in [0.717, 1.165) is 11.1 Å². The predicted octanol–water partition coefficient (Wildman–Crippen LogP) is 0.127. The Kier molecular flexibility index (Phi) is 3.41. The fourth-order valence-corrected chi connectivity index (χ4v) is 3.09. The third kappa shape index (κ3) is 2.40. The summed E-state index contributed by atoms with van der Waals surface area (Å²) in [6.07, 6.45) is 0.482. The first-order valence-electron chi connectivity index (χ1n) is 7.08. The molecule has 5 nitrogen and oxygen atoms in total. The Labute approximate surface area is 122 Å². The van der Waals surface area contributed by atoms with Crippen molar-refractivity contribution in [1.29, 1.82) is 0 Å². The van der Waals surface area contributed by atoms with Crippen LogP contribution in [0.4, 0.5) is 4.39 Å². The fraction of sp³-hybridized carbons (Fsp3) is 0.467. The van der Waals surface area contributed by atoms with Crippen LogP contribution in [-0.2, 0) is 22.6 Å². The van der Waals surface area contributed by atoms with Crippen LogP contribution in [0, 0.1) is 0 Å². The van der Waals surface area contributed by atoms with E-state index >= 15 is 0 Å². The van der Waals surface area contributed by atoms with Gasteiger partial charge in [-0.25, -0.2) is 4.39 Å². The van der Waals surface area contributed by atoms with Crippen molar-refractivity contribution in [3.8, 4) is 0 Å². The third-order valence-corrected chi connectivity index (χ3v) is 4.32. The van der Waals surface area contributed by atoms with Gasteiger partial charge in [0.15, 0.2) is 0 Å². The Bertz CT molecular complexity index is 584. The third-order valence-electron chi connectivity index (χ3n) is 4.32. The minimum Gasteiger partial charge on any atom is -0.368 e. The molecule has 2 aliphatic heterocycles. The number of carbonyl (C=O) groups excluding carboxylic acids is 2. The number of halogens is 1. The molecule has 1 aromatic carbocycles. The number of nitrogens with two attached hydrogens (primary N) is 1. The van der Waals surface area contributed by atoms with Gasteiger partial charge in [-0.15, -0.1) is 0 Å². The topological polar surface area (TPSA) is 75.4 Å². The zero-order chi connectivity index (χ0) is 15.0. The molecule has 3 N–H and O–H groups in total. The van der Waals surface area contributed by atoms with Crippen molar-refractivity contribution < 1.29 is 14.0 Å². The van der Waals surface area contributed by atoms with Gasteiger partial charge in [0.25, 0.3) is 5.91 Å². The van der Waals surface area contributed by atoms with Crippen molar-refractivity contribution in [2.45, 2.75) is 31.1 Å². The van der Waals surface area contributed by atoms with E-state index in [1.54, 1.807) is 0 Å². The normalized spacial score (nSPS) is 28.2. The van der Waals surface area contributed by atoms with Crippen molar-refractivity contribution in [3.05, 3.63) is 35.4 Å². The summed E-state index contributed by atoms with van der Waals surface area (Å²) in [5.74, 6) is -1.22. The van der Waals surface area contributed by atoms with Crippen LogP contribution >= 0.6 is 0 Å². The van der Waals surface area contributed by atoms with Crippen molar-refractivity contribution in [1.82, 2.24) is 10.2 Å². The van der Waals surface area contributed by atoms with E-state index < -0.39 is 23.5 Å². The van der Waals surface area contributed by atoms with E-state index in [-0.39, 0.29) is 19.5 Å². The minimum absolute atomic E-state index is 0.00450. The first-order chi connectivity index (χ1) is 10.0. The van der Waals surface area contributed by atoms with Crippen LogP contribution in [0.1, 0.15) is 17.5 Å². The minimum atomic E-state index is -1.93. The second-order valence-corrected chi connectivity index (χ2v) is 5.72. The molecule has 0 bridgehead atoms. The molecule has 0 aliphatic carbocycles. The Morgan fingerprint density at radius 1 is 1.33 bits per heavy atom. The second-order valence-electron chi connectivity index (χ2n) is 5.72. The number of alkyl halides is 1. The SMILES string of the molecule is NC(=O)[C@@H]1Cc2ccccc2CN1C(=O)[C@]1(F)CCNC1. The number of benzene rings is 1. The first kappa shape index (κ1) is 14.0. The maximum absolute atomic E-state index is 14.7. The molecular formula is C15H18FN3O2. The van der Waals surface area contributed by atoms with E-state index in [4.69, 9.17) is 5.73 Å². The standard InChI is InChI=1S/C15H18FN3O2/c16-15(5-6-18-9-15)14(21)19-8-11-4-2-1-3-10(11)7-12(19)13(17)20/h1-4,12,18H,5-9H2,(H2,17,20)/t12-,15-/m0/s1. The highest BCUT2D eigenvalue weighted by Gasteiger charge is 2.47. The number of primary amides is 1. The Hall–Kier alpha value is -1.95. The second kappa shape index (κ2) is 5.11. The van der Waals surface area contributed by atoms with Gasteiger partial charge in [-0.2, -0.15) is 0 Å². The Balaban J connectivity index is 1.92. The summed E-state index contributed by atoms with van der Waals surface area (Å²) < 4.78 is 14.7. The van der Waals surface area contributed by atoms with Gasteiger partial charge in [-0.3, -0.25) is 9.59 Å². The Morgan fingerprint density at radius 3 is 2.67 bits per heavy atom. The number of nitrogens with zero attached hydrogens (tertiary/aromatic N) is 1. The van der Waals surface area contributed by atoms with Gasteiger partial charge in [0.05, 0.1) is 0 Å². The lowest BCUT2D eigenvalue weighted by molar-refractivity contribution is -0.150. The zero-order valence-corrected chi connectivity index (χ0v) is 11.6. The summed E-state index contributed by atoms with van der Waals surface area (Å²) in [5, 5.41) is 2.86. The number of hydrogen-bond acceptors (Lipinski definition) is 3. The molecule has 1 saturated heterocycles. The fourth-order valence-electron chi connectivity index (χ4n) is 3.09. The predicted molar refractivity (Wildman–Crippen MR) is 75.0 cm³/mol. The average molecular weight is 291 g/mol. The number of rotatable bonds is 2. The first-order valence-corrected chi connectivity index (χ1v) is 7.08. The maximum atomic E-state index is 14.7. The van der Waals surface area contributed by atoms with E-state index in [1.165, 1.54) is 4.90 Å². The molecule has 112 valence electrons. The number of fused-ring (bicyclic) bond motifs is 1. The van der Waals surface area contributed by atoms with Gasteiger partial charge in [-0.1, -0.05) is 24.3 Å². The van der Waals surface area contributed by atoms with E-state index in [2.05, 4.69) is 5.32 Å². The van der Waals surface area contributed by atoms with Crippen LogP contribution < -0.4 is 11.1 Å². The number of hydrogen-bond donors (Lipinski definition) is 2. The smallest absolute Gasteiger partial charge is 0.262 e. The van der Waals surface area contributed by atoms with E-state index in [9.17, 15) is 14.0 Å². The molecule has 0 radical (unpaired) electrons. The Morgan fingerprint density at radius 2 is 2.05 bits per heavy atom. The van der Waals surface area contributed by atoms with E-state index in [0.29, 0.717) is 13.0 Å². The van der Waals surface area contributed by atoms with Crippen molar-refractivity contribution in [2.24, 2.45) is 5.73 Å². The van der Waals surface area contributed by atoms with E-state index in [1.807, 2.05) is 24.3 Å². The summed E-state index contributed by atoms with van der Waals surface area (Å²) in [6, 6.07) is 6.78. The molecule has 6 heteroatoms. The highest BCUT2D eigenvalue weighted by molar-refractivity contribution is 5.92. The monoisotopic (exact) mass is 291 g/mol. The number of amides is 2. The number of nitrogens with one attached hydrogen (secondary N) is 1. The lowest BCUT2D eigenvalue weighted by atomic mass is 9.91. The van der Waals surface area contributed by atoms with Crippen molar-refractivity contribution >= 4 is 11.8 Å². The summed E-state index contributed by atoms with van der Waals surface area (Å²) in [6.45, 7) is 0.692. The van der Waals surface area contributed by atoms with Crippen LogP contribution in [0.5, 0.6) is 0 Å². The van der Waals surface area contributed by atoms with Gasteiger partial charge in [-0.05, 0) is 17.7 Å². The van der Waals surface area contributed by atoms with Crippen molar-refractivity contribution in [3.63, 3.8) is 0 Å².